The maximum atomic E-state index is 11.7. The van der Waals surface area contributed by atoms with Crippen LogP contribution in [0.15, 0.2) is 33.7 Å². The van der Waals surface area contributed by atoms with Crippen molar-refractivity contribution in [2.45, 2.75) is 39.0 Å². The third kappa shape index (κ3) is 6.93. The van der Waals surface area contributed by atoms with Gasteiger partial charge in [0.15, 0.2) is 5.96 Å². The molecule has 1 aliphatic rings. The zero-order valence-electron chi connectivity index (χ0n) is 16.6. The average Bonchev–Trinajstić information content (AvgIpc) is 2.65. The van der Waals surface area contributed by atoms with Crippen molar-refractivity contribution in [2.24, 2.45) is 10.9 Å². The molecule has 0 radical (unpaired) electrons. The lowest BCUT2D eigenvalue weighted by Crippen LogP contribution is -2.47. The Bertz CT molecular complexity index is 627. The number of carbonyl (C=O) groups is 1. The maximum Gasteiger partial charge on any atom is 0.308 e. The van der Waals surface area contributed by atoms with Crippen molar-refractivity contribution < 1.29 is 9.53 Å². The Balaban J connectivity index is 0.00000364. The van der Waals surface area contributed by atoms with E-state index >= 15 is 0 Å². The van der Waals surface area contributed by atoms with Crippen LogP contribution in [0.1, 0.15) is 39.2 Å². The van der Waals surface area contributed by atoms with Crippen LogP contribution in [0.3, 0.4) is 0 Å². The molecule has 0 atom stereocenters. The Labute approximate surface area is 188 Å². The number of nitrogens with zero attached hydrogens (tertiary/aromatic N) is 2. The Kier molecular flexibility index (Phi) is 10.1. The lowest BCUT2D eigenvalue weighted by atomic mass is 9.85. The lowest BCUT2D eigenvalue weighted by molar-refractivity contribution is -0.146. The number of guanidine groups is 1. The van der Waals surface area contributed by atoms with Gasteiger partial charge in [-0.25, -0.2) is 0 Å². The standard InChI is InChI=1S/C20H30BrN3O2.HI/c1-5-22-19(24-12-10-15(11-13-24)18(25)26-4)23-14-20(2,3)16-6-8-17(21)9-7-16;/h6-9,15H,5,10-14H2,1-4H3,(H,22,23);1H. The number of esters is 1. The Morgan fingerprint density at radius 2 is 1.89 bits per heavy atom. The van der Waals surface area contributed by atoms with Gasteiger partial charge in [-0.15, -0.1) is 24.0 Å². The van der Waals surface area contributed by atoms with E-state index in [1.165, 1.54) is 12.7 Å². The summed E-state index contributed by atoms with van der Waals surface area (Å²) in [5.74, 6) is 0.849. The van der Waals surface area contributed by atoms with Gasteiger partial charge in [0.05, 0.1) is 19.6 Å². The third-order valence-electron chi connectivity index (χ3n) is 4.91. The van der Waals surface area contributed by atoms with E-state index in [0.717, 1.165) is 42.9 Å². The number of methoxy groups -OCH3 is 1. The smallest absolute Gasteiger partial charge is 0.308 e. The fraction of sp³-hybridized carbons (Fsp3) is 0.600. The van der Waals surface area contributed by atoms with E-state index in [1.807, 2.05) is 0 Å². The molecule has 1 aromatic rings. The lowest BCUT2D eigenvalue weighted by Gasteiger charge is -2.34. The Hall–Kier alpha value is -0.830. The molecule has 0 amide bonds. The van der Waals surface area contributed by atoms with E-state index in [0.29, 0.717) is 6.54 Å². The fourth-order valence-electron chi connectivity index (χ4n) is 3.18. The van der Waals surface area contributed by atoms with Gasteiger partial charge in [-0.3, -0.25) is 9.79 Å². The number of likely N-dealkylation sites (tertiary alicyclic amines) is 1. The van der Waals surface area contributed by atoms with Crippen LogP contribution in [0.2, 0.25) is 0 Å². The number of halogens is 2. The van der Waals surface area contributed by atoms with Gasteiger partial charge in [0.2, 0.25) is 0 Å². The van der Waals surface area contributed by atoms with Gasteiger partial charge < -0.3 is 15.0 Å². The molecule has 1 heterocycles. The number of carbonyl (C=O) groups excluding carboxylic acids is 1. The average molecular weight is 552 g/mol. The Morgan fingerprint density at radius 1 is 1.30 bits per heavy atom. The minimum Gasteiger partial charge on any atom is -0.469 e. The zero-order valence-corrected chi connectivity index (χ0v) is 20.5. The summed E-state index contributed by atoms with van der Waals surface area (Å²) in [7, 11) is 1.46. The SMILES string of the molecule is CCNC(=NCC(C)(C)c1ccc(Br)cc1)N1CCC(C(=O)OC)CC1.I. The molecule has 7 heteroatoms. The van der Waals surface area contributed by atoms with Gasteiger partial charge in [0.1, 0.15) is 0 Å². The van der Waals surface area contributed by atoms with Gasteiger partial charge in [0, 0.05) is 29.5 Å². The largest absolute Gasteiger partial charge is 0.469 e. The zero-order chi connectivity index (χ0) is 19.2. The number of hydrogen-bond donors (Lipinski definition) is 1. The van der Waals surface area contributed by atoms with Crippen LogP contribution in [0.5, 0.6) is 0 Å². The van der Waals surface area contributed by atoms with E-state index in [4.69, 9.17) is 9.73 Å². The van der Waals surface area contributed by atoms with Gasteiger partial charge in [-0.1, -0.05) is 41.9 Å². The minimum atomic E-state index is -0.0945. The molecule has 0 spiro atoms. The summed E-state index contributed by atoms with van der Waals surface area (Å²) in [4.78, 5) is 18.9. The van der Waals surface area contributed by atoms with E-state index in [1.54, 1.807) is 0 Å². The van der Waals surface area contributed by atoms with Crippen molar-refractivity contribution >= 4 is 51.8 Å². The second-order valence-electron chi connectivity index (χ2n) is 7.35. The molecule has 0 bridgehead atoms. The molecule has 1 aromatic carbocycles. The molecule has 1 N–H and O–H groups in total. The molecular weight excluding hydrogens is 521 g/mol. The number of aliphatic imine (C=N–C) groups is 1. The summed E-state index contributed by atoms with van der Waals surface area (Å²) in [6, 6.07) is 8.44. The van der Waals surface area contributed by atoms with Crippen LogP contribution < -0.4 is 5.32 Å². The highest BCUT2D eigenvalue weighted by atomic mass is 127. The van der Waals surface area contributed by atoms with Crippen LogP contribution >= 0.6 is 39.9 Å². The molecule has 152 valence electrons. The summed E-state index contributed by atoms with van der Waals surface area (Å²) in [5, 5.41) is 3.40. The molecule has 0 saturated carbocycles. The predicted molar refractivity (Wildman–Crippen MR) is 125 cm³/mol. The van der Waals surface area contributed by atoms with Crippen LogP contribution in [0.4, 0.5) is 0 Å². The number of hydrogen-bond acceptors (Lipinski definition) is 3. The van der Waals surface area contributed by atoms with Crippen molar-refractivity contribution in [3.05, 3.63) is 34.3 Å². The van der Waals surface area contributed by atoms with Crippen LogP contribution in [0.25, 0.3) is 0 Å². The molecule has 0 aromatic heterocycles. The van der Waals surface area contributed by atoms with Crippen molar-refractivity contribution in [2.75, 3.05) is 33.3 Å². The molecule has 5 nitrogen and oxygen atoms in total. The van der Waals surface area contributed by atoms with Crippen LogP contribution in [-0.2, 0) is 14.9 Å². The van der Waals surface area contributed by atoms with Crippen molar-refractivity contribution in [3.8, 4) is 0 Å². The van der Waals surface area contributed by atoms with Crippen LogP contribution in [0, 0.1) is 5.92 Å². The van der Waals surface area contributed by atoms with Gasteiger partial charge in [-0.05, 0) is 37.5 Å². The number of ether oxygens (including phenoxy) is 1. The van der Waals surface area contributed by atoms with Crippen molar-refractivity contribution in [1.82, 2.24) is 10.2 Å². The number of piperidine rings is 1. The molecule has 0 unspecified atom stereocenters. The number of benzene rings is 1. The summed E-state index contributed by atoms with van der Waals surface area (Å²) in [5.41, 5.74) is 1.22. The third-order valence-corrected chi connectivity index (χ3v) is 5.44. The van der Waals surface area contributed by atoms with Crippen LogP contribution in [-0.4, -0.2) is 50.1 Å². The van der Waals surface area contributed by atoms with Gasteiger partial charge >= 0.3 is 5.97 Å². The topological polar surface area (TPSA) is 53.9 Å². The summed E-state index contributed by atoms with van der Waals surface area (Å²) >= 11 is 3.49. The quantitative estimate of drug-likeness (QED) is 0.258. The first-order chi connectivity index (χ1) is 12.4. The Morgan fingerprint density at radius 3 is 2.41 bits per heavy atom. The number of nitrogens with one attached hydrogen (secondary N) is 1. The maximum absolute atomic E-state index is 11.7. The molecule has 1 fully saturated rings. The first kappa shape index (κ1) is 24.2. The number of rotatable bonds is 5. The molecule has 1 aliphatic heterocycles. The highest BCUT2D eigenvalue weighted by molar-refractivity contribution is 14.0. The summed E-state index contributed by atoms with van der Waals surface area (Å²) in [6.07, 6.45) is 1.63. The molecular formula is C20H31BrIN3O2. The van der Waals surface area contributed by atoms with E-state index < -0.39 is 0 Å². The van der Waals surface area contributed by atoms with E-state index in [-0.39, 0.29) is 41.3 Å². The highest BCUT2D eigenvalue weighted by Gasteiger charge is 2.27. The second-order valence-corrected chi connectivity index (χ2v) is 8.26. The molecule has 27 heavy (non-hydrogen) atoms. The van der Waals surface area contributed by atoms with Gasteiger partial charge in [0.25, 0.3) is 0 Å². The molecule has 1 saturated heterocycles. The van der Waals surface area contributed by atoms with Crippen molar-refractivity contribution in [3.63, 3.8) is 0 Å². The molecule has 0 aliphatic carbocycles. The summed E-state index contributed by atoms with van der Waals surface area (Å²) < 4.78 is 5.96. The summed E-state index contributed by atoms with van der Waals surface area (Å²) in [6.45, 7) is 9.69. The van der Waals surface area contributed by atoms with Gasteiger partial charge in [-0.2, -0.15) is 0 Å². The second kappa shape index (κ2) is 11.2. The highest BCUT2D eigenvalue weighted by Crippen LogP contribution is 2.25. The fourth-order valence-corrected chi connectivity index (χ4v) is 3.45. The normalized spacial score (nSPS) is 15.9. The molecule has 2 rings (SSSR count). The monoisotopic (exact) mass is 551 g/mol. The minimum absolute atomic E-state index is 0. The van der Waals surface area contributed by atoms with E-state index in [2.05, 4.69) is 71.2 Å². The first-order valence-electron chi connectivity index (χ1n) is 9.24. The van der Waals surface area contributed by atoms with Crippen molar-refractivity contribution in [1.29, 1.82) is 0 Å². The first-order valence-corrected chi connectivity index (χ1v) is 10.0. The van der Waals surface area contributed by atoms with E-state index in [9.17, 15) is 4.79 Å². The predicted octanol–water partition coefficient (Wildman–Crippen LogP) is 4.20.